The van der Waals surface area contributed by atoms with Crippen molar-refractivity contribution in [3.8, 4) is 0 Å². The Kier molecular flexibility index (Phi) is 6.54. The number of para-hydroxylation sites is 1. The van der Waals surface area contributed by atoms with Gasteiger partial charge >= 0.3 is 12.0 Å². The maximum Gasteiger partial charge on any atom is 0.338 e. The van der Waals surface area contributed by atoms with Gasteiger partial charge in [-0.2, -0.15) is 0 Å². The number of hydrogen-bond acceptors (Lipinski definition) is 4. The second kappa shape index (κ2) is 8.84. The molecule has 0 radical (unpaired) electrons. The van der Waals surface area contributed by atoms with E-state index in [9.17, 15) is 14.4 Å². The van der Waals surface area contributed by atoms with Crippen LogP contribution in [0.25, 0.3) is 0 Å². The Balaban J connectivity index is 1.96. The predicted octanol–water partition coefficient (Wildman–Crippen LogP) is 3.40. The lowest BCUT2D eigenvalue weighted by Crippen LogP contribution is -2.22. The third kappa shape index (κ3) is 5.57. The van der Waals surface area contributed by atoms with Crippen molar-refractivity contribution in [3.05, 3.63) is 59.2 Å². The van der Waals surface area contributed by atoms with E-state index in [-0.39, 0.29) is 11.5 Å². The molecule has 142 valence electrons. The molecule has 7 heteroatoms. The average Bonchev–Trinajstić information content (AvgIpc) is 2.61. The van der Waals surface area contributed by atoms with Crippen LogP contribution in [-0.4, -0.2) is 24.5 Å². The predicted molar refractivity (Wildman–Crippen MR) is 104 cm³/mol. The van der Waals surface area contributed by atoms with Crippen molar-refractivity contribution in [1.82, 2.24) is 0 Å². The summed E-state index contributed by atoms with van der Waals surface area (Å²) in [5.41, 5.74) is 8.45. The molecule has 0 aliphatic heterocycles. The van der Waals surface area contributed by atoms with E-state index in [2.05, 4.69) is 10.6 Å². The second-order valence-electron chi connectivity index (χ2n) is 6.38. The van der Waals surface area contributed by atoms with Crippen molar-refractivity contribution >= 4 is 29.3 Å². The molecular formula is C20H23N3O4. The normalized spacial score (nSPS) is 10.4. The lowest BCUT2D eigenvalue weighted by Gasteiger charge is -2.16. The van der Waals surface area contributed by atoms with Gasteiger partial charge < -0.3 is 21.1 Å². The lowest BCUT2D eigenvalue weighted by molar-refractivity contribution is -0.119. The van der Waals surface area contributed by atoms with Crippen LogP contribution in [0, 0.1) is 6.92 Å². The smallest absolute Gasteiger partial charge is 0.338 e. The number of carbonyl (C=O) groups excluding carboxylic acids is 3. The van der Waals surface area contributed by atoms with Crippen LogP contribution in [0.4, 0.5) is 16.2 Å². The van der Waals surface area contributed by atoms with E-state index >= 15 is 0 Å². The van der Waals surface area contributed by atoms with Crippen LogP contribution >= 0.6 is 0 Å². The number of anilines is 2. The Morgan fingerprint density at radius 1 is 1.04 bits per heavy atom. The first-order valence-corrected chi connectivity index (χ1v) is 8.51. The summed E-state index contributed by atoms with van der Waals surface area (Å²) < 4.78 is 5.06. The number of carbonyl (C=O) groups is 3. The fourth-order valence-corrected chi connectivity index (χ4v) is 2.56. The van der Waals surface area contributed by atoms with Crippen molar-refractivity contribution in [2.24, 2.45) is 5.73 Å². The maximum atomic E-state index is 12.2. The molecule has 0 aliphatic carbocycles. The number of rotatable bonds is 6. The topological polar surface area (TPSA) is 111 Å². The number of hydrogen-bond donors (Lipinski definition) is 3. The van der Waals surface area contributed by atoms with Crippen LogP contribution in [0.5, 0.6) is 0 Å². The van der Waals surface area contributed by atoms with E-state index in [1.165, 1.54) is 24.3 Å². The average molecular weight is 369 g/mol. The molecule has 0 aromatic heterocycles. The molecule has 0 atom stereocenters. The van der Waals surface area contributed by atoms with E-state index < -0.39 is 24.5 Å². The largest absolute Gasteiger partial charge is 0.452 e. The van der Waals surface area contributed by atoms with Crippen LogP contribution in [0.1, 0.15) is 41.3 Å². The van der Waals surface area contributed by atoms with Crippen molar-refractivity contribution < 1.29 is 19.1 Å². The molecule has 3 amide bonds. The van der Waals surface area contributed by atoms with Gasteiger partial charge in [0.25, 0.3) is 5.91 Å². The van der Waals surface area contributed by atoms with Crippen LogP contribution < -0.4 is 16.4 Å². The first kappa shape index (κ1) is 20.0. The lowest BCUT2D eigenvalue weighted by atomic mass is 9.98. The minimum Gasteiger partial charge on any atom is -0.452 e. The molecule has 2 aromatic rings. The number of esters is 1. The van der Waals surface area contributed by atoms with Gasteiger partial charge in [0.15, 0.2) is 6.61 Å². The third-order valence-corrected chi connectivity index (χ3v) is 3.91. The minimum absolute atomic E-state index is 0.246. The molecule has 0 saturated carbocycles. The number of primary amides is 1. The summed E-state index contributed by atoms with van der Waals surface area (Å²) in [7, 11) is 0. The number of amides is 3. The molecule has 7 nitrogen and oxygen atoms in total. The Hall–Kier alpha value is -3.35. The summed E-state index contributed by atoms with van der Waals surface area (Å²) in [5, 5.41) is 5.21. The summed E-state index contributed by atoms with van der Waals surface area (Å²) in [5.74, 6) is -0.800. The standard InChI is InChI=1S/C20H23N3O4/c1-12(2)16-6-4-5-13(3)18(16)23-17(24)11-27-19(25)14-7-9-15(10-8-14)22-20(21)26/h4-10,12H,11H2,1-3H3,(H,23,24)(H3,21,22,26). The summed E-state index contributed by atoms with van der Waals surface area (Å²) in [6, 6.07) is 11.1. The van der Waals surface area contributed by atoms with E-state index in [1.807, 2.05) is 39.0 Å². The quantitative estimate of drug-likeness (QED) is 0.678. The Morgan fingerprint density at radius 3 is 2.30 bits per heavy atom. The summed E-state index contributed by atoms with van der Waals surface area (Å²) in [6.07, 6.45) is 0. The zero-order valence-electron chi connectivity index (χ0n) is 15.5. The van der Waals surface area contributed by atoms with E-state index in [0.29, 0.717) is 5.69 Å². The monoisotopic (exact) mass is 369 g/mol. The molecule has 0 spiro atoms. The van der Waals surface area contributed by atoms with Gasteiger partial charge in [-0.25, -0.2) is 9.59 Å². The van der Waals surface area contributed by atoms with E-state index in [1.54, 1.807) is 0 Å². The van der Waals surface area contributed by atoms with Crippen LogP contribution in [-0.2, 0) is 9.53 Å². The highest BCUT2D eigenvalue weighted by Crippen LogP contribution is 2.27. The highest BCUT2D eigenvalue weighted by Gasteiger charge is 2.14. The van der Waals surface area contributed by atoms with Gasteiger partial charge in [0, 0.05) is 11.4 Å². The molecule has 2 rings (SSSR count). The Bertz CT molecular complexity index is 845. The van der Waals surface area contributed by atoms with Crippen molar-refractivity contribution in [1.29, 1.82) is 0 Å². The van der Waals surface area contributed by atoms with Crippen molar-refractivity contribution in [2.45, 2.75) is 26.7 Å². The number of ether oxygens (including phenoxy) is 1. The van der Waals surface area contributed by atoms with Crippen molar-refractivity contribution in [3.63, 3.8) is 0 Å². The van der Waals surface area contributed by atoms with Gasteiger partial charge in [0.1, 0.15) is 0 Å². The van der Waals surface area contributed by atoms with Crippen LogP contribution in [0.15, 0.2) is 42.5 Å². The fraction of sp³-hybridized carbons (Fsp3) is 0.250. The highest BCUT2D eigenvalue weighted by molar-refractivity contribution is 5.97. The molecule has 0 aliphatic rings. The molecule has 0 saturated heterocycles. The molecule has 0 fully saturated rings. The first-order chi connectivity index (χ1) is 12.8. The molecule has 0 unspecified atom stereocenters. The number of nitrogens with two attached hydrogens (primary N) is 1. The molecule has 27 heavy (non-hydrogen) atoms. The number of nitrogens with one attached hydrogen (secondary N) is 2. The first-order valence-electron chi connectivity index (χ1n) is 8.51. The van der Waals surface area contributed by atoms with Crippen molar-refractivity contribution in [2.75, 3.05) is 17.2 Å². The summed E-state index contributed by atoms with van der Waals surface area (Å²) >= 11 is 0. The minimum atomic E-state index is -0.695. The zero-order valence-corrected chi connectivity index (χ0v) is 15.5. The van der Waals surface area contributed by atoms with Gasteiger partial charge in [0.2, 0.25) is 0 Å². The molecule has 4 N–H and O–H groups in total. The van der Waals surface area contributed by atoms with Gasteiger partial charge in [-0.3, -0.25) is 4.79 Å². The molecule has 2 aromatic carbocycles. The molecule has 0 bridgehead atoms. The van der Waals surface area contributed by atoms with Gasteiger partial charge in [-0.1, -0.05) is 32.0 Å². The maximum absolute atomic E-state index is 12.2. The highest BCUT2D eigenvalue weighted by atomic mass is 16.5. The third-order valence-electron chi connectivity index (χ3n) is 3.91. The van der Waals surface area contributed by atoms with Gasteiger partial charge in [0.05, 0.1) is 5.56 Å². The number of urea groups is 1. The van der Waals surface area contributed by atoms with E-state index in [0.717, 1.165) is 16.8 Å². The zero-order chi connectivity index (χ0) is 20.0. The Labute approximate surface area is 157 Å². The fourth-order valence-electron chi connectivity index (χ4n) is 2.56. The van der Waals surface area contributed by atoms with Crippen LogP contribution in [0.2, 0.25) is 0 Å². The van der Waals surface area contributed by atoms with E-state index in [4.69, 9.17) is 10.5 Å². The molecular weight excluding hydrogens is 346 g/mol. The molecule has 0 heterocycles. The summed E-state index contributed by atoms with van der Waals surface area (Å²) in [6.45, 7) is 5.60. The number of benzene rings is 2. The Morgan fingerprint density at radius 2 is 1.70 bits per heavy atom. The van der Waals surface area contributed by atoms with Crippen LogP contribution in [0.3, 0.4) is 0 Å². The van der Waals surface area contributed by atoms with Gasteiger partial charge in [-0.15, -0.1) is 0 Å². The second-order valence-corrected chi connectivity index (χ2v) is 6.38. The summed E-state index contributed by atoms with van der Waals surface area (Å²) in [4.78, 5) is 35.0. The number of aryl methyl sites for hydroxylation is 1. The van der Waals surface area contributed by atoms with Gasteiger partial charge in [-0.05, 0) is 48.2 Å². The SMILES string of the molecule is Cc1cccc(C(C)C)c1NC(=O)COC(=O)c1ccc(NC(N)=O)cc1.